The molecule has 0 aliphatic carbocycles. The fourth-order valence-electron chi connectivity index (χ4n) is 1.53. The first-order valence-electron chi connectivity index (χ1n) is 4.82. The molecule has 0 atom stereocenters. The first-order valence-corrected chi connectivity index (χ1v) is 4.82. The van der Waals surface area contributed by atoms with Crippen LogP contribution in [0.3, 0.4) is 0 Å². The molecule has 0 amide bonds. The van der Waals surface area contributed by atoms with Crippen LogP contribution in [0.5, 0.6) is 0 Å². The molecule has 2 aromatic rings. The average Bonchev–Trinajstić information content (AvgIpc) is 2.66. The highest BCUT2D eigenvalue weighted by atomic mass is 15.2. The van der Waals surface area contributed by atoms with E-state index in [1.165, 1.54) is 0 Å². The van der Waals surface area contributed by atoms with Crippen LogP contribution < -0.4 is 0 Å². The summed E-state index contributed by atoms with van der Waals surface area (Å²) in [5, 5.41) is 4.14. The lowest BCUT2D eigenvalue weighted by molar-refractivity contribution is 0.776. The van der Waals surface area contributed by atoms with Crippen molar-refractivity contribution in [3.05, 3.63) is 42.1 Å². The van der Waals surface area contributed by atoms with Crippen LogP contribution in [-0.2, 0) is 7.05 Å². The Kier molecular flexibility index (Phi) is 2.55. The van der Waals surface area contributed by atoms with Gasteiger partial charge in [0.15, 0.2) is 0 Å². The molecule has 2 nitrogen and oxygen atoms in total. The lowest BCUT2D eigenvalue weighted by atomic mass is 10.1. The summed E-state index contributed by atoms with van der Waals surface area (Å²) in [6, 6.07) is 10.2. The maximum Gasteiger partial charge on any atom is 0.0678 e. The predicted octanol–water partition coefficient (Wildman–Crippen LogP) is 2.46. The summed E-state index contributed by atoms with van der Waals surface area (Å²) in [6.45, 7) is 1.84. The van der Waals surface area contributed by atoms with Gasteiger partial charge in [-0.2, -0.15) is 5.10 Å². The molecule has 0 bridgehead atoms. The van der Waals surface area contributed by atoms with Gasteiger partial charge in [0.2, 0.25) is 0 Å². The number of hydrogen-bond acceptors (Lipinski definition) is 1. The van der Waals surface area contributed by atoms with E-state index >= 15 is 0 Å². The normalized spacial score (nSPS) is 9.47. The zero-order valence-corrected chi connectivity index (χ0v) is 8.86. The maximum atomic E-state index is 4.14. The van der Waals surface area contributed by atoms with Gasteiger partial charge in [-0.1, -0.05) is 18.1 Å². The Balaban J connectivity index is 2.38. The van der Waals surface area contributed by atoms with Gasteiger partial charge in [0.05, 0.1) is 5.69 Å². The molecule has 0 aliphatic heterocycles. The van der Waals surface area contributed by atoms with Crippen molar-refractivity contribution in [3.63, 3.8) is 0 Å². The standard InChI is InChI=1S/C13H12N2/c1-3-4-11-5-7-12(8-6-11)13-9-10-14-15(13)2/h5-10H,1-2H3. The summed E-state index contributed by atoms with van der Waals surface area (Å²) < 4.78 is 1.86. The fraction of sp³-hybridized carbons (Fsp3) is 0.154. The van der Waals surface area contributed by atoms with Crippen LogP contribution in [-0.4, -0.2) is 9.78 Å². The van der Waals surface area contributed by atoms with Crippen molar-refractivity contribution in [2.75, 3.05) is 0 Å². The van der Waals surface area contributed by atoms with Crippen LogP contribution in [0.2, 0.25) is 0 Å². The van der Waals surface area contributed by atoms with Crippen LogP contribution in [0, 0.1) is 11.8 Å². The molecule has 0 N–H and O–H groups in total. The second-order valence-corrected chi connectivity index (χ2v) is 3.29. The third-order valence-electron chi connectivity index (χ3n) is 2.27. The first-order chi connectivity index (χ1) is 7.31. The third kappa shape index (κ3) is 1.92. The lowest BCUT2D eigenvalue weighted by Gasteiger charge is -2.01. The maximum absolute atomic E-state index is 4.14. The fourth-order valence-corrected chi connectivity index (χ4v) is 1.53. The molecule has 0 saturated carbocycles. The Labute approximate surface area is 89.6 Å². The number of hydrogen-bond donors (Lipinski definition) is 0. The number of rotatable bonds is 1. The smallest absolute Gasteiger partial charge is 0.0678 e. The minimum absolute atomic E-state index is 1.04. The summed E-state index contributed by atoms with van der Waals surface area (Å²) >= 11 is 0. The minimum Gasteiger partial charge on any atom is -0.268 e. The Morgan fingerprint density at radius 3 is 2.40 bits per heavy atom. The highest BCUT2D eigenvalue weighted by Crippen LogP contribution is 2.18. The van der Waals surface area contributed by atoms with Crippen molar-refractivity contribution in [3.8, 4) is 23.1 Å². The van der Waals surface area contributed by atoms with E-state index < -0.39 is 0 Å². The molecule has 2 heteroatoms. The summed E-state index contributed by atoms with van der Waals surface area (Å²) in [5.41, 5.74) is 3.33. The molecule has 0 unspecified atom stereocenters. The molecule has 1 aromatic carbocycles. The van der Waals surface area contributed by atoms with Gasteiger partial charge >= 0.3 is 0 Å². The van der Waals surface area contributed by atoms with E-state index in [1.54, 1.807) is 6.20 Å². The Hall–Kier alpha value is -2.01. The minimum atomic E-state index is 1.04. The second kappa shape index (κ2) is 4.02. The van der Waals surface area contributed by atoms with Crippen LogP contribution >= 0.6 is 0 Å². The van der Waals surface area contributed by atoms with E-state index in [0.29, 0.717) is 0 Å². The number of benzene rings is 1. The van der Waals surface area contributed by atoms with E-state index in [2.05, 4.69) is 29.1 Å². The number of nitrogens with zero attached hydrogens (tertiary/aromatic N) is 2. The van der Waals surface area contributed by atoms with Gasteiger partial charge in [0.1, 0.15) is 0 Å². The van der Waals surface area contributed by atoms with Crippen molar-refractivity contribution in [2.45, 2.75) is 6.92 Å². The van der Waals surface area contributed by atoms with Gasteiger partial charge in [0, 0.05) is 18.8 Å². The van der Waals surface area contributed by atoms with Crippen LogP contribution in [0.4, 0.5) is 0 Å². The monoisotopic (exact) mass is 196 g/mol. The lowest BCUT2D eigenvalue weighted by Crippen LogP contribution is -1.92. The van der Waals surface area contributed by atoms with E-state index in [-0.39, 0.29) is 0 Å². The predicted molar refractivity (Wildman–Crippen MR) is 61.2 cm³/mol. The summed E-state index contributed by atoms with van der Waals surface area (Å²) in [7, 11) is 1.94. The van der Waals surface area contributed by atoms with Crippen molar-refractivity contribution in [1.29, 1.82) is 0 Å². The van der Waals surface area contributed by atoms with Crippen molar-refractivity contribution in [2.24, 2.45) is 7.05 Å². The molecule has 0 fully saturated rings. The topological polar surface area (TPSA) is 17.8 Å². The first kappa shape index (κ1) is 9.54. The summed E-state index contributed by atoms with van der Waals surface area (Å²) in [6.07, 6.45) is 1.80. The number of aryl methyl sites for hydroxylation is 1. The van der Waals surface area contributed by atoms with E-state index in [1.807, 2.05) is 36.9 Å². The van der Waals surface area contributed by atoms with Crippen molar-refractivity contribution in [1.82, 2.24) is 9.78 Å². The highest BCUT2D eigenvalue weighted by molar-refractivity contribution is 5.60. The van der Waals surface area contributed by atoms with Gasteiger partial charge in [-0.05, 0) is 30.7 Å². The molecule has 15 heavy (non-hydrogen) atoms. The van der Waals surface area contributed by atoms with Gasteiger partial charge in [-0.15, -0.1) is 5.92 Å². The largest absolute Gasteiger partial charge is 0.268 e. The average molecular weight is 196 g/mol. The molecule has 0 saturated heterocycles. The Morgan fingerprint density at radius 1 is 1.13 bits per heavy atom. The van der Waals surface area contributed by atoms with Gasteiger partial charge in [0.25, 0.3) is 0 Å². The molecular weight excluding hydrogens is 184 g/mol. The summed E-state index contributed by atoms with van der Waals surface area (Å²) in [4.78, 5) is 0. The molecular formula is C13H12N2. The molecule has 0 aliphatic rings. The molecule has 0 spiro atoms. The van der Waals surface area contributed by atoms with Gasteiger partial charge < -0.3 is 0 Å². The third-order valence-corrected chi connectivity index (χ3v) is 2.27. The number of aromatic nitrogens is 2. The summed E-state index contributed by atoms with van der Waals surface area (Å²) in [5.74, 6) is 5.90. The van der Waals surface area contributed by atoms with Crippen LogP contribution in [0.1, 0.15) is 12.5 Å². The van der Waals surface area contributed by atoms with Gasteiger partial charge in [-0.3, -0.25) is 4.68 Å². The zero-order valence-electron chi connectivity index (χ0n) is 8.86. The van der Waals surface area contributed by atoms with E-state index in [0.717, 1.165) is 16.8 Å². The highest BCUT2D eigenvalue weighted by Gasteiger charge is 2.00. The molecule has 74 valence electrons. The molecule has 2 rings (SSSR count). The van der Waals surface area contributed by atoms with Crippen molar-refractivity contribution >= 4 is 0 Å². The second-order valence-electron chi connectivity index (χ2n) is 3.29. The Bertz CT molecular complexity index is 509. The van der Waals surface area contributed by atoms with E-state index in [4.69, 9.17) is 0 Å². The van der Waals surface area contributed by atoms with Crippen molar-refractivity contribution < 1.29 is 0 Å². The molecule has 0 radical (unpaired) electrons. The molecule has 1 heterocycles. The quantitative estimate of drug-likeness (QED) is 0.641. The Morgan fingerprint density at radius 2 is 1.87 bits per heavy atom. The molecule has 1 aromatic heterocycles. The van der Waals surface area contributed by atoms with Gasteiger partial charge in [-0.25, -0.2) is 0 Å². The SMILES string of the molecule is CC#Cc1ccc(-c2ccnn2C)cc1. The van der Waals surface area contributed by atoms with Crippen LogP contribution in [0.25, 0.3) is 11.3 Å². The zero-order chi connectivity index (χ0) is 10.7. The van der Waals surface area contributed by atoms with Crippen LogP contribution in [0.15, 0.2) is 36.5 Å². The van der Waals surface area contributed by atoms with E-state index in [9.17, 15) is 0 Å².